The number of carbonyl (C=O) groups excluding carboxylic acids is 1. The maximum absolute atomic E-state index is 11.8. The van der Waals surface area contributed by atoms with Crippen molar-refractivity contribution in [3.05, 3.63) is 0 Å². The molecule has 0 aromatic rings. The van der Waals surface area contributed by atoms with E-state index in [0.717, 1.165) is 5.92 Å². The van der Waals surface area contributed by atoms with Crippen LogP contribution in [0.4, 0.5) is 0 Å². The normalized spacial score (nSPS) is 53.3. The molecule has 0 radical (unpaired) electrons. The summed E-state index contributed by atoms with van der Waals surface area (Å²) in [5.74, 6) is 4.06. The minimum Gasteiger partial charge on any atom is -0.469 e. The predicted molar refractivity (Wildman–Crippen MR) is 59.1 cm³/mol. The summed E-state index contributed by atoms with van der Waals surface area (Å²) in [6.45, 7) is 9.18. The number of hydrogen-bond donors (Lipinski definition) is 0. The molecule has 86 valence electrons. The summed E-state index contributed by atoms with van der Waals surface area (Å²) in [6, 6.07) is 0. The van der Waals surface area contributed by atoms with Crippen LogP contribution in [0.15, 0.2) is 0 Å². The van der Waals surface area contributed by atoms with Gasteiger partial charge in [-0.2, -0.15) is 0 Å². The molecule has 2 rings (SSSR count). The number of fused-ring (bicyclic) bond motifs is 2. The first-order valence-corrected chi connectivity index (χ1v) is 6.08. The summed E-state index contributed by atoms with van der Waals surface area (Å²) in [7, 11) is 1.51. The molecule has 0 aromatic carbocycles. The zero-order valence-electron chi connectivity index (χ0n) is 10.4. The lowest BCUT2D eigenvalue weighted by Gasteiger charge is -2.34. The van der Waals surface area contributed by atoms with Crippen LogP contribution in [-0.4, -0.2) is 13.1 Å². The van der Waals surface area contributed by atoms with Crippen LogP contribution in [0.2, 0.25) is 0 Å². The van der Waals surface area contributed by atoms with E-state index in [4.69, 9.17) is 4.74 Å². The van der Waals surface area contributed by atoms with Crippen LogP contribution in [0.25, 0.3) is 0 Å². The van der Waals surface area contributed by atoms with Gasteiger partial charge in [0, 0.05) is 0 Å². The van der Waals surface area contributed by atoms with Gasteiger partial charge in [-0.25, -0.2) is 0 Å². The van der Waals surface area contributed by atoms with Crippen molar-refractivity contribution in [3.8, 4) is 0 Å². The second kappa shape index (κ2) is 3.50. The highest BCUT2D eigenvalue weighted by Crippen LogP contribution is 2.61. The van der Waals surface area contributed by atoms with Crippen LogP contribution < -0.4 is 0 Å². The fraction of sp³-hybridized carbons (Fsp3) is 0.923. The SMILES string of the molecule is COC(=O)[C@H]1C2C(C)C(C)C(C2C)[C@H]1C. The maximum Gasteiger partial charge on any atom is 0.309 e. The number of rotatable bonds is 1. The Labute approximate surface area is 92.4 Å². The highest BCUT2D eigenvalue weighted by Gasteiger charge is 2.60. The van der Waals surface area contributed by atoms with Crippen molar-refractivity contribution >= 4 is 5.97 Å². The van der Waals surface area contributed by atoms with Gasteiger partial charge in [0.1, 0.15) is 0 Å². The van der Waals surface area contributed by atoms with Crippen molar-refractivity contribution in [2.24, 2.45) is 41.4 Å². The van der Waals surface area contributed by atoms with Gasteiger partial charge in [-0.15, -0.1) is 0 Å². The molecule has 2 aliphatic rings. The Kier molecular flexibility index (Phi) is 2.56. The lowest BCUT2D eigenvalue weighted by atomic mass is 9.70. The van der Waals surface area contributed by atoms with Gasteiger partial charge in [0.25, 0.3) is 0 Å². The molecule has 2 bridgehead atoms. The maximum atomic E-state index is 11.8. The average molecular weight is 210 g/mol. The van der Waals surface area contributed by atoms with Crippen LogP contribution in [0, 0.1) is 41.4 Å². The lowest BCUT2D eigenvalue weighted by molar-refractivity contribution is -0.150. The molecule has 2 aliphatic carbocycles. The van der Waals surface area contributed by atoms with Crippen LogP contribution in [0.1, 0.15) is 27.7 Å². The monoisotopic (exact) mass is 210 g/mol. The number of carbonyl (C=O) groups is 1. The third kappa shape index (κ3) is 1.26. The van der Waals surface area contributed by atoms with Crippen molar-refractivity contribution in [3.63, 3.8) is 0 Å². The van der Waals surface area contributed by atoms with Crippen LogP contribution in [0.5, 0.6) is 0 Å². The zero-order valence-corrected chi connectivity index (χ0v) is 10.4. The minimum atomic E-state index is 0.0144. The molecule has 7 atom stereocenters. The Bertz CT molecular complexity index is 274. The Morgan fingerprint density at radius 3 is 1.87 bits per heavy atom. The highest BCUT2D eigenvalue weighted by molar-refractivity contribution is 5.74. The van der Waals surface area contributed by atoms with Crippen LogP contribution in [0.3, 0.4) is 0 Å². The first-order chi connectivity index (χ1) is 7.00. The Hall–Kier alpha value is -0.530. The molecule has 2 nitrogen and oxygen atoms in total. The summed E-state index contributed by atoms with van der Waals surface area (Å²) >= 11 is 0. The zero-order chi connectivity index (χ0) is 11.3. The third-order valence-electron chi connectivity index (χ3n) is 5.32. The number of ether oxygens (including phenoxy) is 1. The molecule has 15 heavy (non-hydrogen) atoms. The Balaban J connectivity index is 2.28. The van der Waals surface area contributed by atoms with Gasteiger partial charge in [-0.05, 0) is 35.5 Å². The summed E-state index contributed by atoms with van der Waals surface area (Å²) in [5.41, 5.74) is 0. The third-order valence-corrected chi connectivity index (χ3v) is 5.32. The second-order valence-corrected chi connectivity index (χ2v) is 5.64. The molecule has 0 N–H and O–H groups in total. The van der Waals surface area contributed by atoms with Gasteiger partial charge in [0.15, 0.2) is 0 Å². The largest absolute Gasteiger partial charge is 0.469 e. The standard InChI is InChI=1S/C13H22O2/c1-6-7(2)11-8(3)10(6)9(4)12(11)13(14)15-5/h6-12H,1-5H3/t6?,7?,8?,9-,10?,11?,12-/m1/s1. The lowest BCUT2D eigenvalue weighted by Crippen LogP contribution is -2.36. The van der Waals surface area contributed by atoms with Gasteiger partial charge in [0.05, 0.1) is 13.0 Å². The van der Waals surface area contributed by atoms with E-state index in [9.17, 15) is 4.79 Å². The van der Waals surface area contributed by atoms with Gasteiger partial charge in [0.2, 0.25) is 0 Å². The van der Waals surface area contributed by atoms with E-state index in [1.54, 1.807) is 0 Å². The number of hydrogen-bond acceptors (Lipinski definition) is 2. The van der Waals surface area contributed by atoms with Crippen molar-refractivity contribution in [1.29, 1.82) is 0 Å². The van der Waals surface area contributed by atoms with Crippen molar-refractivity contribution in [2.75, 3.05) is 7.11 Å². The number of methoxy groups -OCH3 is 1. The molecular weight excluding hydrogens is 188 g/mol. The van der Waals surface area contributed by atoms with E-state index in [1.165, 1.54) is 7.11 Å². The molecule has 0 spiro atoms. The molecule has 2 heteroatoms. The smallest absolute Gasteiger partial charge is 0.309 e. The fourth-order valence-electron chi connectivity index (χ4n) is 4.62. The Morgan fingerprint density at radius 1 is 0.867 bits per heavy atom. The first kappa shape index (κ1) is 11.0. The van der Waals surface area contributed by atoms with Crippen molar-refractivity contribution in [2.45, 2.75) is 27.7 Å². The van der Waals surface area contributed by atoms with Crippen LogP contribution in [-0.2, 0) is 9.53 Å². The van der Waals surface area contributed by atoms with E-state index in [2.05, 4.69) is 27.7 Å². The minimum absolute atomic E-state index is 0.0144. The quantitative estimate of drug-likeness (QED) is 0.622. The Morgan fingerprint density at radius 2 is 1.40 bits per heavy atom. The van der Waals surface area contributed by atoms with E-state index in [1.807, 2.05) is 0 Å². The van der Waals surface area contributed by atoms with Gasteiger partial charge >= 0.3 is 5.97 Å². The molecule has 0 amide bonds. The molecule has 5 unspecified atom stereocenters. The highest BCUT2D eigenvalue weighted by atomic mass is 16.5. The second-order valence-electron chi connectivity index (χ2n) is 5.64. The van der Waals surface area contributed by atoms with Crippen molar-refractivity contribution < 1.29 is 9.53 Å². The van der Waals surface area contributed by atoms with Gasteiger partial charge < -0.3 is 4.74 Å². The van der Waals surface area contributed by atoms with Gasteiger partial charge in [-0.3, -0.25) is 4.79 Å². The molecule has 0 saturated heterocycles. The molecule has 0 aliphatic heterocycles. The van der Waals surface area contributed by atoms with Crippen molar-refractivity contribution in [1.82, 2.24) is 0 Å². The number of esters is 1. The first-order valence-electron chi connectivity index (χ1n) is 6.08. The summed E-state index contributed by atoms with van der Waals surface area (Å²) in [6.07, 6.45) is 0. The van der Waals surface area contributed by atoms with E-state index >= 15 is 0 Å². The summed E-state index contributed by atoms with van der Waals surface area (Å²) < 4.78 is 4.95. The molecule has 0 aromatic heterocycles. The predicted octanol–water partition coefficient (Wildman–Crippen LogP) is 2.58. The van der Waals surface area contributed by atoms with E-state index in [-0.39, 0.29) is 11.9 Å². The molecular formula is C13H22O2. The fourth-order valence-corrected chi connectivity index (χ4v) is 4.62. The van der Waals surface area contributed by atoms with Gasteiger partial charge in [-0.1, -0.05) is 27.7 Å². The average Bonchev–Trinajstić information content (AvgIpc) is 2.57. The van der Waals surface area contributed by atoms with Crippen LogP contribution >= 0.6 is 0 Å². The molecule has 2 fully saturated rings. The summed E-state index contributed by atoms with van der Waals surface area (Å²) in [5, 5.41) is 0. The van der Waals surface area contributed by atoms with E-state index in [0.29, 0.717) is 29.6 Å². The topological polar surface area (TPSA) is 26.3 Å². The summed E-state index contributed by atoms with van der Waals surface area (Å²) in [4.78, 5) is 11.8. The molecule has 2 saturated carbocycles. The van der Waals surface area contributed by atoms with E-state index < -0.39 is 0 Å². The molecule has 0 heterocycles.